The number of aromatic nitrogens is 2. The molecule has 3 heterocycles. The maximum atomic E-state index is 15.1. The molecule has 0 unspecified atom stereocenters. The van der Waals surface area contributed by atoms with Crippen molar-refractivity contribution >= 4 is 17.4 Å². The fourth-order valence-corrected chi connectivity index (χ4v) is 5.43. The van der Waals surface area contributed by atoms with Crippen molar-refractivity contribution in [3.05, 3.63) is 81.9 Å². The Hall–Kier alpha value is -3.32. The topological polar surface area (TPSA) is 67.2 Å². The number of Topliss-reactive ketones (excluding diaryl/α,β-unsaturated/α-hetero) is 1. The van der Waals surface area contributed by atoms with E-state index in [0.29, 0.717) is 49.3 Å². The molecule has 188 valence electrons. The molecule has 5 rings (SSSR count). The van der Waals surface area contributed by atoms with E-state index in [1.54, 1.807) is 23.2 Å². The quantitative estimate of drug-likeness (QED) is 0.555. The van der Waals surface area contributed by atoms with Gasteiger partial charge in [-0.2, -0.15) is 5.10 Å². The van der Waals surface area contributed by atoms with Crippen LogP contribution in [0, 0.1) is 18.7 Å². The lowest BCUT2D eigenvalue weighted by molar-refractivity contribution is -0.120. The summed E-state index contributed by atoms with van der Waals surface area (Å²) in [7, 11) is 1.91. The van der Waals surface area contributed by atoms with Crippen molar-refractivity contribution in [2.24, 2.45) is 13.0 Å². The van der Waals surface area contributed by atoms with Gasteiger partial charge in [-0.05, 0) is 74.5 Å². The summed E-state index contributed by atoms with van der Waals surface area (Å²) in [6.07, 6.45) is 5.80. The molecule has 1 aromatic heterocycles. The lowest BCUT2D eigenvalue weighted by Crippen LogP contribution is -2.30. The van der Waals surface area contributed by atoms with Crippen LogP contribution in [0.4, 0.5) is 10.1 Å². The summed E-state index contributed by atoms with van der Waals surface area (Å²) in [5.74, 6) is -0.0600. The lowest BCUT2D eigenvalue weighted by atomic mass is 9.91. The average molecular weight is 489 g/mol. The largest absolute Gasteiger partial charge is 0.317 e. The van der Waals surface area contributed by atoms with Crippen molar-refractivity contribution in [1.82, 2.24) is 15.1 Å². The number of carbonyl (C=O) groups excluding carboxylic acids is 2. The van der Waals surface area contributed by atoms with Gasteiger partial charge in [0.15, 0.2) is 0 Å². The molecular formula is C29H33FN4O2. The van der Waals surface area contributed by atoms with Crippen molar-refractivity contribution in [2.75, 3.05) is 18.0 Å². The van der Waals surface area contributed by atoms with Gasteiger partial charge in [-0.25, -0.2) is 4.39 Å². The number of nitrogens with zero attached hydrogens (tertiary/aromatic N) is 3. The van der Waals surface area contributed by atoms with Crippen LogP contribution in [0.1, 0.15) is 64.0 Å². The number of benzene rings is 2. The smallest absolute Gasteiger partial charge is 0.258 e. The van der Waals surface area contributed by atoms with E-state index in [0.717, 1.165) is 54.0 Å². The van der Waals surface area contributed by atoms with Crippen LogP contribution in [0.2, 0.25) is 0 Å². The number of hydrogen-bond donors (Lipinski definition) is 1. The van der Waals surface area contributed by atoms with E-state index in [-0.39, 0.29) is 11.7 Å². The van der Waals surface area contributed by atoms with Crippen LogP contribution in [-0.2, 0) is 31.2 Å². The second-order valence-electron chi connectivity index (χ2n) is 10.2. The van der Waals surface area contributed by atoms with Crippen molar-refractivity contribution in [3.63, 3.8) is 0 Å². The summed E-state index contributed by atoms with van der Waals surface area (Å²) in [6.45, 7) is 4.34. The van der Waals surface area contributed by atoms with Crippen LogP contribution in [0.25, 0.3) is 0 Å². The highest BCUT2D eigenvalue weighted by atomic mass is 19.1. The fraction of sp³-hybridized carbons (Fsp3) is 0.414. The maximum Gasteiger partial charge on any atom is 0.258 e. The lowest BCUT2D eigenvalue weighted by Gasteiger charge is -2.23. The summed E-state index contributed by atoms with van der Waals surface area (Å²) >= 11 is 0. The molecule has 3 aromatic rings. The Balaban J connectivity index is 1.32. The number of hydrogen-bond acceptors (Lipinski definition) is 4. The Morgan fingerprint density at radius 2 is 1.92 bits per heavy atom. The van der Waals surface area contributed by atoms with Crippen LogP contribution in [-0.4, -0.2) is 34.6 Å². The number of aryl methyl sites for hydroxylation is 3. The minimum Gasteiger partial charge on any atom is -0.317 e. The number of ketones is 1. The third kappa shape index (κ3) is 5.12. The third-order valence-electron chi connectivity index (χ3n) is 7.55. The maximum absolute atomic E-state index is 15.1. The summed E-state index contributed by atoms with van der Waals surface area (Å²) in [6, 6.07) is 10.7. The van der Waals surface area contributed by atoms with Crippen molar-refractivity contribution < 1.29 is 14.0 Å². The molecule has 2 aliphatic heterocycles. The van der Waals surface area contributed by atoms with E-state index in [4.69, 9.17) is 0 Å². The minimum absolute atomic E-state index is 0.185. The molecule has 1 saturated heterocycles. The molecule has 0 atom stereocenters. The first-order valence-electron chi connectivity index (χ1n) is 12.8. The molecule has 0 aliphatic carbocycles. The Labute approximate surface area is 211 Å². The van der Waals surface area contributed by atoms with Gasteiger partial charge in [-0.1, -0.05) is 23.8 Å². The van der Waals surface area contributed by atoms with Crippen LogP contribution in [0.15, 0.2) is 42.6 Å². The zero-order valence-electron chi connectivity index (χ0n) is 21.0. The molecule has 6 nitrogen and oxygen atoms in total. The Bertz CT molecular complexity index is 1290. The molecule has 7 heteroatoms. The fourth-order valence-electron chi connectivity index (χ4n) is 5.43. The van der Waals surface area contributed by atoms with Gasteiger partial charge in [-0.15, -0.1) is 0 Å². The molecule has 0 spiro atoms. The highest BCUT2D eigenvalue weighted by Crippen LogP contribution is 2.32. The molecular weight excluding hydrogens is 455 g/mol. The molecule has 0 radical (unpaired) electrons. The Morgan fingerprint density at radius 3 is 2.69 bits per heavy atom. The van der Waals surface area contributed by atoms with E-state index in [1.807, 2.05) is 30.8 Å². The zero-order valence-corrected chi connectivity index (χ0v) is 21.0. The zero-order chi connectivity index (χ0) is 25.2. The number of fused-ring (bicyclic) bond motifs is 2. The summed E-state index contributed by atoms with van der Waals surface area (Å²) in [5.41, 5.74) is 5.86. The van der Waals surface area contributed by atoms with Crippen molar-refractivity contribution in [1.29, 1.82) is 0 Å². The summed E-state index contributed by atoms with van der Waals surface area (Å²) < 4.78 is 16.9. The second kappa shape index (κ2) is 10.3. The number of carbonyl (C=O) groups is 2. The molecule has 0 saturated carbocycles. The van der Waals surface area contributed by atoms with Gasteiger partial charge in [0.25, 0.3) is 5.91 Å². The van der Waals surface area contributed by atoms with Gasteiger partial charge < -0.3 is 10.2 Å². The van der Waals surface area contributed by atoms with Crippen LogP contribution in [0.5, 0.6) is 0 Å². The van der Waals surface area contributed by atoms with E-state index in [1.165, 1.54) is 6.07 Å². The van der Waals surface area contributed by atoms with Gasteiger partial charge in [0.2, 0.25) is 0 Å². The number of piperidine rings is 1. The monoisotopic (exact) mass is 488 g/mol. The minimum atomic E-state index is -0.434. The van der Waals surface area contributed by atoms with E-state index < -0.39 is 5.82 Å². The van der Waals surface area contributed by atoms with Crippen LogP contribution >= 0.6 is 0 Å². The van der Waals surface area contributed by atoms with Crippen molar-refractivity contribution in [3.8, 4) is 0 Å². The molecule has 0 bridgehead atoms. The van der Waals surface area contributed by atoms with Gasteiger partial charge in [0, 0.05) is 48.8 Å². The number of anilines is 1. The number of rotatable bonds is 6. The first-order valence-corrected chi connectivity index (χ1v) is 12.8. The highest BCUT2D eigenvalue weighted by molar-refractivity contribution is 6.06. The summed E-state index contributed by atoms with van der Waals surface area (Å²) in [5, 5.41) is 7.70. The molecule has 2 aliphatic rings. The Kier molecular flexibility index (Phi) is 7.01. The van der Waals surface area contributed by atoms with E-state index >= 15 is 4.39 Å². The summed E-state index contributed by atoms with van der Waals surface area (Å²) in [4.78, 5) is 27.8. The van der Waals surface area contributed by atoms with E-state index in [2.05, 4.69) is 16.5 Å². The number of nitrogens with one attached hydrogen (secondary N) is 1. The normalized spacial score (nSPS) is 15.8. The molecule has 2 aromatic carbocycles. The highest BCUT2D eigenvalue weighted by Gasteiger charge is 2.27. The van der Waals surface area contributed by atoms with Crippen LogP contribution in [0.3, 0.4) is 0 Å². The standard InChI is InChI=1S/C29H33FN4O2/c1-19-3-8-27-23(13-19)16-28-24(17-32-33(28)2)18-34(27)29(36)22-5-4-21(26(30)15-22)6-7-25(35)14-20-9-11-31-12-10-20/h3-5,8,13,15,17,20,31H,6-7,9-12,14,16,18H2,1-2H3. The number of halogens is 1. The third-order valence-corrected chi connectivity index (χ3v) is 7.55. The van der Waals surface area contributed by atoms with Gasteiger partial charge >= 0.3 is 0 Å². The second-order valence-corrected chi connectivity index (χ2v) is 10.2. The molecule has 1 fully saturated rings. The molecule has 1 amide bonds. The van der Waals surface area contributed by atoms with Gasteiger partial charge in [0.1, 0.15) is 11.6 Å². The SMILES string of the molecule is Cc1ccc2c(c1)Cc1c(cnn1C)CN2C(=O)c1ccc(CCC(=O)CC2CCNCC2)c(F)c1. The predicted octanol–water partition coefficient (Wildman–Crippen LogP) is 4.51. The van der Waals surface area contributed by atoms with Crippen LogP contribution < -0.4 is 10.2 Å². The molecule has 1 N–H and O–H groups in total. The average Bonchev–Trinajstić information content (AvgIpc) is 3.12. The first-order chi connectivity index (χ1) is 17.4. The van der Waals surface area contributed by atoms with Gasteiger partial charge in [-0.3, -0.25) is 14.3 Å². The van der Waals surface area contributed by atoms with Crippen molar-refractivity contribution in [2.45, 2.75) is 52.0 Å². The van der Waals surface area contributed by atoms with E-state index in [9.17, 15) is 9.59 Å². The number of amides is 1. The first kappa shape index (κ1) is 24.4. The Morgan fingerprint density at radius 1 is 1.11 bits per heavy atom. The molecule has 36 heavy (non-hydrogen) atoms. The van der Waals surface area contributed by atoms with Gasteiger partial charge in [0.05, 0.1) is 12.7 Å². The predicted molar refractivity (Wildman–Crippen MR) is 138 cm³/mol.